The monoisotopic (exact) mass is 317 g/mol. The van der Waals surface area contributed by atoms with Crippen LogP contribution in [0.3, 0.4) is 0 Å². The van der Waals surface area contributed by atoms with Gasteiger partial charge >= 0.3 is 5.97 Å². The molecule has 1 aliphatic carbocycles. The third kappa shape index (κ3) is 3.49. The number of rotatable bonds is 5. The fraction of sp³-hybridized carbons (Fsp3) is 0.556. The highest BCUT2D eigenvalue weighted by molar-refractivity contribution is 5.89. The summed E-state index contributed by atoms with van der Waals surface area (Å²) in [6.45, 7) is 0.752. The zero-order valence-corrected chi connectivity index (χ0v) is 13.4. The van der Waals surface area contributed by atoms with E-state index in [1.165, 1.54) is 5.56 Å². The maximum Gasteiger partial charge on any atom is 0.307 e. The molecule has 3 rings (SSSR count). The summed E-state index contributed by atoms with van der Waals surface area (Å²) in [5.74, 6) is -0.745. The van der Waals surface area contributed by atoms with Crippen molar-refractivity contribution in [2.75, 3.05) is 13.7 Å². The molecule has 2 fully saturated rings. The molecule has 0 bridgehead atoms. The SMILES string of the molecule is COc1ccc(CC2CCCCN2C(=O)[C@@H]2C[C@H]2C(=O)O)cc1. The third-order valence-electron chi connectivity index (χ3n) is 4.97. The lowest BCUT2D eigenvalue weighted by atomic mass is 9.95. The molecular formula is C18H23NO4. The first kappa shape index (κ1) is 15.8. The van der Waals surface area contributed by atoms with Crippen LogP contribution in [0.15, 0.2) is 24.3 Å². The van der Waals surface area contributed by atoms with Gasteiger partial charge in [0.2, 0.25) is 5.91 Å². The lowest BCUT2D eigenvalue weighted by Crippen LogP contribution is -2.46. The van der Waals surface area contributed by atoms with Crippen molar-refractivity contribution in [2.45, 2.75) is 38.1 Å². The molecule has 23 heavy (non-hydrogen) atoms. The van der Waals surface area contributed by atoms with Crippen LogP contribution >= 0.6 is 0 Å². The molecule has 1 aliphatic heterocycles. The van der Waals surface area contributed by atoms with Gasteiger partial charge in [-0.2, -0.15) is 0 Å². The highest BCUT2D eigenvalue weighted by Gasteiger charge is 2.50. The van der Waals surface area contributed by atoms with Gasteiger partial charge in [0.15, 0.2) is 0 Å². The largest absolute Gasteiger partial charge is 0.497 e. The van der Waals surface area contributed by atoms with E-state index < -0.39 is 11.9 Å². The summed E-state index contributed by atoms with van der Waals surface area (Å²) in [7, 11) is 1.64. The quantitative estimate of drug-likeness (QED) is 0.905. The number of aliphatic carboxylic acids is 1. The van der Waals surface area contributed by atoms with Gasteiger partial charge in [-0.05, 0) is 49.8 Å². The van der Waals surface area contributed by atoms with E-state index in [9.17, 15) is 9.59 Å². The Kier molecular flexibility index (Phi) is 4.55. The van der Waals surface area contributed by atoms with Crippen LogP contribution in [-0.2, 0) is 16.0 Å². The smallest absolute Gasteiger partial charge is 0.307 e. The van der Waals surface area contributed by atoms with Crippen molar-refractivity contribution < 1.29 is 19.4 Å². The van der Waals surface area contributed by atoms with Crippen molar-refractivity contribution in [3.8, 4) is 5.75 Å². The minimum atomic E-state index is -0.841. The molecule has 1 unspecified atom stereocenters. The molecule has 1 saturated carbocycles. The van der Waals surface area contributed by atoms with Gasteiger partial charge < -0.3 is 14.7 Å². The van der Waals surface area contributed by atoms with Gasteiger partial charge in [-0.15, -0.1) is 0 Å². The van der Waals surface area contributed by atoms with Crippen LogP contribution in [0.1, 0.15) is 31.2 Å². The Labute approximate surface area is 136 Å². The van der Waals surface area contributed by atoms with E-state index in [1.807, 2.05) is 29.2 Å². The Morgan fingerprint density at radius 3 is 2.57 bits per heavy atom. The number of amides is 1. The third-order valence-corrected chi connectivity index (χ3v) is 4.97. The van der Waals surface area contributed by atoms with Gasteiger partial charge in [0.25, 0.3) is 0 Å². The second-order valence-electron chi connectivity index (χ2n) is 6.52. The highest BCUT2D eigenvalue weighted by atomic mass is 16.5. The number of ether oxygens (including phenoxy) is 1. The molecule has 5 heteroatoms. The first-order valence-electron chi connectivity index (χ1n) is 8.26. The predicted molar refractivity (Wildman–Crippen MR) is 85.3 cm³/mol. The summed E-state index contributed by atoms with van der Waals surface area (Å²) >= 11 is 0. The molecule has 1 amide bonds. The van der Waals surface area contributed by atoms with Crippen LogP contribution in [0.5, 0.6) is 5.75 Å². The maximum absolute atomic E-state index is 12.6. The Balaban J connectivity index is 1.66. The first-order chi connectivity index (χ1) is 11.1. The summed E-state index contributed by atoms with van der Waals surface area (Å²) in [5, 5.41) is 9.04. The number of hydrogen-bond donors (Lipinski definition) is 1. The Hall–Kier alpha value is -2.04. The number of carbonyl (C=O) groups excluding carboxylic acids is 1. The first-order valence-corrected chi connectivity index (χ1v) is 8.26. The molecule has 0 radical (unpaired) electrons. The van der Waals surface area contributed by atoms with E-state index in [0.29, 0.717) is 6.42 Å². The van der Waals surface area contributed by atoms with E-state index >= 15 is 0 Å². The Morgan fingerprint density at radius 1 is 1.22 bits per heavy atom. The van der Waals surface area contributed by atoms with E-state index in [1.54, 1.807) is 7.11 Å². The molecule has 1 saturated heterocycles. The van der Waals surface area contributed by atoms with Gasteiger partial charge in [0, 0.05) is 12.6 Å². The summed E-state index contributed by atoms with van der Waals surface area (Å²) in [6, 6.07) is 8.12. The van der Waals surface area contributed by atoms with Crippen LogP contribution in [0.4, 0.5) is 0 Å². The molecule has 2 aliphatic rings. The summed E-state index contributed by atoms with van der Waals surface area (Å²) in [6.07, 6.45) is 4.44. The van der Waals surface area contributed by atoms with Crippen molar-refractivity contribution in [3.05, 3.63) is 29.8 Å². The minimum Gasteiger partial charge on any atom is -0.497 e. The molecule has 1 aromatic carbocycles. The van der Waals surface area contributed by atoms with Crippen LogP contribution in [0.2, 0.25) is 0 Å². The number of carbonyl (C=O) groups is 2. The van der Waals surface area contributed by atoms with Crippen molar-refractivity contribution in [2.24, 2.45) is 11.8 Å². The number of methoxy groups -OCH3 is 1. The number of carboxylic acids is 1. The summed E-state index contributed by atoms with van der Waals surface area (Å²) < 4.78 is 5.17. The number of benzene rings is 1. The summed E-state index contributed by atoms with van der Waals surface area (Å²) in [4.78, 5) is 25.6. The molecule has 1 N–H and O–H groups in total. The zero-order chi connectivity index (χ0) is 16.4. The fourth-order valence-corrected chi connectivity index (χ4v) is 3.49. The van der Waals surface area contributed by atoms with Crippen LogP contribution in [0.25, 0.3) is 0 Å². The van der Waals surface area contributed by atoms with Gasteiger partial charge in [-0.25, -0.2) is 0 Å². The molecular weight excluding hydrogens is 294 g/mol. The molecule has 1 aromatic rings. The van der Waals surface area contributed by atoms with E-state index in [-0.39, 0.29) is 17.9 Å². The van der Waals surface area contributed by atoms with Gasteiger partial charge in [0.05, 0.1) is 18.9 Å². The molecule has 3 atom stereocenters. The van der Waals surface area contributed by atoms with Gasteiger partial charge in [-0.1, -0.05) is 12.1 Å². The summed E-state index contributed by atoms with van der Waals surface area (Å²) in [5.41, 5.74) is 1.18. The second-order valence-corrected chi connectivity index (χ2v) is 6.52. The van der Waals surface area contributed by atoms with Gasteiger partial charge in [-0.3, -0.25) is 9.59 Å². The van der Waals surface area contributed by atoms with Crippen LogP contribution in [-0.4, -0.2) is 41.6 Å². The fourth-order valence-electron chi connectivity index (χ4n) is 3.49. The Bertz CT molecular complexity index is 583. The van der Waals surface area contributed by atoms with Crippen molar-refractivity contribution in [1.82, 2.24) is 4.90 Å². The lowest BCUT2D eigenvalue weighted by Gasteiger charge is -2.36. The van der Waals surface area contributed by atoms with E-state index in [2.05, 4.69) is 0 Å². The highest BCUT2D eigenvalue weighted by Crippen LogP contribution is 2.41. The number of hydrogen-bond acceptors (Lipinski definition) is 3. The van der Waals surface area contributed by atoms with Crippen molar-refractivity contribution in [1.29, 1.82) is 0 Å². The van der Waals surface area contributed by atoms with Crippen molar-refractivity contribution in [3.63, 3.8) is 0 Å². The maximum atomic E-state index is 12.6. The zero-order valence-electron chi connectivity index (χ0n) is 13.4. The van der Waals surface area contributed by atoms with E-state index in [0.717, 1.165) is 38.0 Å². The van der Waals surface area contributed by atoms with Crippen LogP contribution < -0.4 is 4.74 Å². The lowest BCUT2D eigenvalue weighted by molar-refractivity contribution is -0.143. The number of piperidine rings is 1. The van der Waals surface area contributed by atoms with Crippen LogP contribution in [0, 0.1) is 11.8 Å². The predicted octanol–water partition coefficient (Wildman–Crippen LogP) is 2.34. The molecule has 0 aromatic heterocycles. The van der Waals surface area contributed by atoms with Gasteiger partial charge in [0.1, 0.15) is 5.75 Å². The average molecular weight is 317 g/mol. The molecule has 1 heterocycles. The number of likely N-dealkylation sites (tertiary alicyclic amines) is 1. The number of carboxylic acid groups (broad SMARTS) is 1. The van der Waals surface area contributed by atoms with Crippen molar-refractivity contribution >= 4 is 11.9 Å². The minimum absolute atomic E-state index is 0.0376. The molecule has 0 spiro atoms. The standard InChI is InChI=1S/C18H23NO4/c1-23-14-7-5-12(6-8-14)10-13-4-2-3-9-19(13)17(20)15-11-16(15)18(21)22/h5-8,13,15-16H,2-4,9-11H2,1H3,(H,21,22)/t13?,15-,16-/m1/s1. The molecule has 124 valence electrons. The number of nitrogens with zero attached hydrogens (tertiary/aromatic N) is 1. The van der Waals surface area contributed by atoms with E-state index in [4.69, 9.17) is 9.84 Å². The second kappa shape index (κ2) is 6.60. The normalized spacial score (nSPS) is 26.7. The molecule has 5 nitrogen and oxygen atoms in total. The Morgan fingerprint density at radius 2 is 1.96 bits per heavy atom. The topological polar surface area (TPSA) is 66.8 Å². The average Bonchev–Trinajstić information content (AvgIpc) is 3.36.